The van der Waals surface area contributed by atoms with Crippen LogP contribution in [0.3, 0.4) is 0 Å². The summed E-state index contributed by atoms with van der Waals surface area (Å²) in [5.41, 5.74) is 0.937. The zero-order valence-electron chi connectivity index (χ0n) is 12.6. The molecule has 11 heteroatoms. The lowest BCUT2D eigenvalue weighted by molar-refractivity contribution is -0.770. The van der Waals surface area contributed by atoms with Gasteiger partial charge in [-0.1, -0.05) is 9.78 Å². The number of non-ortho nitro benzene ring substituents is 1. The highest BCUT2D eigenvalue weighted by Crippen LogP contribution is 2.36. The van der Waals surface area contributed by atoms with Gasteiger partial charge in [0.2, 0.25) is 6.17 Å². The van der Waals surface area contributed by atoms with Gasteiger partial charge in [0.05, 0.1) is 4.92 Å². The van der Waals surface area contributed by atoms with Crippen molar-refractivity contribution >= 4 is 44.1 Å². The Morgan fingerprint density at radius 1 is 1.29 bits per heavy atom. The van der Waals surface area contributed by atoms with Gasteiger partial charge >= 0.3 is 10.3 Å². The van der Waals surface area contributed by atoms with E-state index in [0.717, 1.165) is 25.9 Å². The number of nitro benzene ring substituents is 1. The minimum Gasteiger partial charge on any atom is -1.00 e. The van der Waals surface area contributed by atoms with E-state index in [1.165, 1.54) is 35.2 Å². The van der Waals surface area contributed by atoms with E-state index >= 15 is 0 Å². The number of thioether (sulfide) groups is 1. The maximum absolute atomic E-state index is 10.9. The Labute approximate surface area is 155 Å². The predicted octanol–water partition coefficient (Wildman–Crippen LogP) is -0.419. The van der Waals surface area contributed by atoms with Crippen LogP contribution in [0.4, 0.5) is 10.8 Å². The van der Waals surface area contributed by atoms with Crippen LogP contribution in [0, 0.1) is 17.0 Å². The van der Waals surface area contributed by atoms with Gasteiger partial charge in [0, 0.05) is 22.7 Å². The van der Waals surface area contributed by atoms with Crippen LogP contribution in [0.1, 0.15) is 23.7 Å². The van der Waals surface area contributed by atoms with Gasteiger partial charge in [-0.3, -0.25) is 10.1 Å². The number of aromatic nitrogens is 2. The molecule has 0 fully saturated rings. The number of aliphatic imine (C=N–C) groups is 1. The summed E-state index contributed by atoms with van der Waals surface area (Å²) in [4.78, 5) is 15.0. The van der Waals surface area contributed by atoms with Crippen LogP contribution >= 0.6 is 23.1 Å². The Kier molecular flexibility index (Phi) is 4.40. The van der Waals surface area contributed by atoms with Gasteiger partial charge in [-0.2, -0.15) is 10.1 Å². The van der Waals surface area contributed by atoms with Crippen LogP contribution < -0.4 is 21.7 Å². The average molecular weight is 427 g/mol. The fourth-order valence-corrected chi connectivity index (χ4v) is 4.07. The molecule has 0 saturated carbocycles. The van der Waals surface area contributed by atoms with E-state index in [4.69, 9.17) is 0 Å². The van der Waals surface area contributed by atoms with Crippen molar-refractivity contribution in [1.29, 1.82) is 0 Å². The van der Waals surface area contributed by atoms with E-state index in [-0.39, 0.29) is 28.8 Å². The Morgan fingerprint density at radius 2 is 2.00 bits per heavy atom. The van der Waals surface area contributed by atoms with Crippen LogP contribution in [0.2, 0.25) is 0 Å². The number of halogens is 1. The lowest BCUT2D eigenvalue weighted by Crippen LogP contribution is -3.00. The van der Waals surface area contributed by atoms with E-state index in [2.05, 4.69) is 15.2 Å². The van der Waals surface area contributed by atoms with Crippen molar-refractivity contribution in [3.8, 4) is 0 Å². The number of amidine groups is 1. The standard InChI is InChI=1S/C13H11N6O2S2.BrH/c1-7-15-17-11(9-3-5-10(6-4-9)19(20)21)18-13(14-12(17)22-7)23-8(2)16-18;/h3-6,11H,1-2H3;1H/q+1;/p-1. The molecule has 0 saturated heterocycles. The van der Waals surface area contributed by atoms with Crippen molar-refractivity contribution in [2.45, 2.75) is 20.0 Å². The highest BCUT2D eigenvalue weighted by atomic mass is 79.9. The molecule has 0 amide bonds. The van der Waals surface area contributed by atoms with E-state index < -0.39 is 4.92 Å². The highest BCUT2D eigenvalue weighted by molar-refractivity contribution is 8.26. The molecule has 2 aliphatic heterocycles. The van der Waals surface area contributed by atoms with E-state index in [1.807, 2.05) is 23.5 Å². The molecule has 0 bridgehead atoms. The fraction of sp³-hybridized carbons (Fsp3) is 0.231. The maximum Gasteiger partial charge on any atom is 0.409 e. The van der Waals surface area contributed by atoms with Gasteiger partial charge in [0.1, 0.15) is 10.1 Å². The second kappa shape index (κ2) is 6.22. The fourth-order valence-electron chi connectivity index (χ4n) is 2.49. The van der Waals surface area contributed by atoms with Gasteiger partial charge in [-0.15, -0.1) is 0 Å². The second-order valence-electron chi connectivity index (χ2n) is 5.03. The van der Waals surface area contributed by atoms with Crippen LogP contribution in [-0.2, 0) is 0 Å². The van der Waals surface area contributed by atoms with Crippen molar-refractivity contribution in [1.82, 2.24) is 10.1 Å². The molecule has 2 aromatic rings. The molecular weight excluding hydrogens is 416 g/mol. The van der Waals surface area contributed by atoms with Gasteiger partial charge in [0.25, 0.3) is 5.69 Å². The van der Waals surface area contributed by atoms with Gasteiger partial charge in [-0.05, 0) is 49.1 Å². The largest absolute Gasteiger partial charge is 1.00 e. The molecule has 8 nitrogen and oxygen atoms in total. The third-order valence-electron chi connectivity index (χ3n) is 3.42. The van der Waals surface area contributed by atoms with Crippen LogP contribution in [-0.4, -0.2) is 25.2 Å². The number of aryl methyl sites for hydroxylation is 1. The normalized spacial score (nSPS) is 18.2. The molecule has 0 aliphatic carbocycles. The second-order valence-corrected chi connectivity index (χ2v) is 7.35. The minimum atomic E-state index is -0.406. The summed E-state index contributed by atoms with van der Waals surface area (Å²) >= 11 is 3.02. The summed E-state index contributed by atoms with van der Waals surface area (Å²) < 4.78 is 1.81. The molecular formula is C13H11BrN6O2S2. The summed E-state index contributed by atoms with van der Waals surface area (Å²) in [6.07, 6.45) is -0.284. The van der Waals surface area contributed by atoms with E-state index in [1.54, 1.807) is 12.1 Å². The molecule has 2 aliphatic rings. The first-order valence-electron chi connectivity index (χ1n) is 6.77. The number of fused-ring (bicyclic) bond motifs is 2. The molecule has 1 aromatic carbocycles. The summed E-state index contributed by atoms with van der Waals surface area (Å²) in [7, 11) is 0. The summed E-state index contributed by atoms with van der Waals surface area (Å²) in [5, 5.41) is 25.1. The number of rotatable bonds is 2. The van der Waals surface area contributed by atoms with E-state index in [9.17, 15) is 10.1 Å². The first-order valence-corrected chi connectivity index (χ1v) is 8.41. The molecule has 1 atom stereocenters. The van der Waals surface area contributed by atoms with Crippen molar-refractivity contribution < 1.29 is 26.6 Å². The first kappa shape index (κ1) is 17.0. The minimum absolute atomic E-state index is 0. The third-order valence-corrected chi connectivity index (χ3v) is 5.10. The Balaban J connectivity index is 0.00000169. The molecule has 24 heavy (non-hydrogen) atoms. The molecule has 4 rings (SSSR count). The summed E-state index contributed by atoms with van der Waals surface area (Å²) in [6.45, 7) is 3.85. The smallest absolute Gasteiger partial charge is 0.409 e. The monoisotopic (exact) mass is 426 g/mol. The van der Waals surface area contributed by atoms with Crippen molar-refractivity contribution in [2.24, 2.45) is 10.1 Å². The predicted molar refractivity (Wildman–Crippen MR) is 87.9 cm³/mol. The van der Waals surface area contributed by atoms with E-state index in [0.29, 0.717) is 0 Å². The number of benzene rings is 1. The SMILES string of the molecule is CC1=NN2C(=Nc3sc(C)n[n+]3C2c2ccc([N+](=O)[O-])cc2)S1.[Br-]. The van der Waals surface area contributed by atoms with Crippen molar-refractivity contribution in [3.63, 3.8) is 0 Å². The van der Waals surface area contributed by atoms with Crippen LogP contribution in [0.5, 0.6) is 0 Å². The Morgan fingerprint density at radius 3 is 2.67 bits per heavy atom. The Bertz CT molecular complexity index is 879. The molecule has 1 aromatic heterocycles. The molecule has 0 radical (unpaired) electrons. The van der Waals surface area contributed by atoms with Crippen molar-refractivity contribution in [3.05, 3.63) is 45.0 Å². The lowest BCUT2D eigenvalue weighted by Gasteiger charge is -2.22. The number of nitrogens with zero attached hydrogens (tertiary/aromatic N) is 6. The summed E-state index contributed by atoms with van der Waals surface area (Å²) in [5.74, 6) is 0. The first-order chi connectivity index (χ1) is 11.0. The molecule has 0 N–H and O–H groups in total. The Hall–Kier alpha value is -1.85. The zero-order valence-corrected chi connectivity index (χ0v) is 15.8. The van der Waals surface area contributed by atoms with Gasteiger partial charge < -0.3 is 17.0 Å². The molecule has 1 unspecified atom stereocenters. The number of hydrogen-bond donors (Lipinski definition) is 0. The number of hydrogen-bond acceptors (Lipinski definition) is 8. The number of hydrazone groups is 1. The quantitative estimate of drug-likeness (QED) is 0.369. The average Bonchev–Trinajstić information content (AvgIpc) is 3.05. The maximum atomic E-state index is 10.9. The highest BCUT2D eigenvalue weighted by Gasteiger charge is 2.44. The lowest BCUT2D eigenvalue weighted by atomic mass is 10.1. The zero-order chi connectivity index (χ0) is 16.1. The van der Waals surface area contributed by atoms with Crippen molar-refractivity contribution in [2.75, 3.05) is 0 Å². The van der Waals surface area contributed by atoms with Crippen LogP contribution in [0.15, 0.2) is 34.4 Å². The van der Waals surface area contributed by atoms with Crippen LogP contribution in [0.25, 0.3) is 0 Å². The molecule has 0 spiro atoms. The molecule has 124 valence electrons. The van der Waals surface area contributed by atoms with Gasteiger partial charge in [0.15, 0.2) is 0 Å². The summed E-state index contributed by atoms with van der Waals surface area (Å²) in [6, 6.07) is 6.48. The third kappa shape index (κ3) is 2.72. The van der Waals surface area contributed by atoms with Gasteiger partial charge in [-0.25, -0.2) is 0 Å². The number of nitro groups is 1. The molecule has 3 heterocycles. The topological polar surface area (TPSA) is 87.9 Å².